The van der Waals surface area contributed by atoms with Gasteiger partial charge in [0.25, 0.3) is 5.95 Å². The minimum absolute atomic E-state index is 0.0632. The van der Waals surface area contributed by atoms with Gasteiger partial charge in [0.15, 0.2) is 6.40 Å². The number of hydrogen-bond acceptors (Lipinski definition) is 5. The molecule has 0 aromatic carbocycles. The van der Waals surface area contributed by atoms with Crippen molar-refractivity contribution in [2.45, 2.75) is 0 Å². The van der Waals surface area contributed by atoms with Gasteiger partial charge < -0.3 is 9.15 Å². The first-order valence-electron chi connectivity index (χ1n) is 2.64. The Bertz CT molecular complexity index is 280. The SMILES string of the molecule is N=COc1ccc([N+](=O)[O-])o1. The van der Waals surface area contributed by atoms with Crippen molar-refractivity contribution in [3.63, 3.8) is 0 Å². The molecule has 1 heterocycles. The average Bonchev–Trinajstić information content (AvgIpc) is 2.37. The van der Waals surface area contributed by atoms with Crippen LogP contribution in [-0.2, 0) is 0 Å². The quantitative estimate of drug-likeness (QED) is 0.308. The Kier molecular flexibility index (Phi) is 1.86. The molecule has 0 aliphatic rings. The molecule has 0 unspecified atom stereocenters. The molecule has 0 atom stereocenters. The van der Waals surface area contributed by atoms with Gasteiger partial charge in [0.1, 0.15) is 4.92 Å². The first-order chi connectivity index (χ1) is 5.24. The first kappa shape index (κ1) is 7.26. The third-order valence-corrected chi connectivity index (χ3v) is 0.922. The summed E-state index contributed by atoms with van der Waals surface area (Å²) < 4.78 is 8.92. The summed E-state index contributed by atoms with van der Waals surface area (Å²) in [7, 11) is 0. The van der Waals surface area contributed by atoms with Gasteiger partial charge in [-0.05, 0) is 0 Å². The van der Waals surface area contributed by atoms with Gasteiger partial charge in [-0.2, -0.15) is 0 Å². The lowest BCUT2D eigenvalue weighted by molar-refractivity contribution is -0.402. The predicted molar refractivity (Wildman–Crippen MR) is 34.8 cm³/mol. The Labute approximate surface area is 61.0 Å². The van der Waals surface area contributed by atoms with E-state index in [1.54, 1.807) is 0 Å². The van der Waals surface area contributed by atoms with Crippen molar-refractivity contribution in [3.8, 4) is 5.95 Å². The minimum Gasteiger partial charge on any atom is -0.414 e. The monoisotopic (exact) mass is 156 g/mol. The second kappa shape index (κ2) is 2.82. The number of nitrogens with one attached hydrogen (secondary N) is 1. The Balaban J connectivity index is 2.81. The smallest absolute Gasteiger partial charge is 0.414 e. The van der Waals surface area contributed by atoms with Gasteiger partial charge in [-0.3, -0.25) is 15.5 Å². The van der Waals surface area contributed by atoms with E-state index in [1.165, 1.54) is 6.07 Å². The van der Waals surface area contributed by atoms with Crippen LogP contribution >= 0.6 is 0 Å². The minimum atomic E-state index is -0.684. The van der Waals surface area contributed by atoms with Gasteiger partial charge in [-0.15, -0.1) is 0 Å². The first-order valence-corrected chi connectivity index (χ1v) is 2.64. The van der Waals surface area contributed by atoms with Crippen molar-refractivity contribution in [2.24, 2.45) is 0 Å². The Morgan fingerprint density at radius 1 is 1.73 bits per heavy atom. The summed E-state index contributed by atoms with van der Waals surface area (Å²) >= 11 is 0. The van der Waals surface area contributed by atoms with Crippen molar-refractivity contribution in [3.05, 3.63) is 22.2 Å². The summed E-state index contributed by atoms with van der Waals surface area (Å²) in [5.41, 5.74) is 0. The van der Waals surface area contributed by atoms with Crippen molar-refractivity contribution < 1.29 is 14.1 Å². The van der Waals surface area contributed by atoms with E-state index in [9.17, 15) is 10.1 Å². The van der Waals surface area contributed by atoms with Crippen LogP contribution in [0.2, 0.25) is 0 Å². The van der Waals surface area contributed by atoms with Crippen LogP contribution in [0.5, 0.6) is 5.95 Å². The highest BCUT2D eigenvalue weighted by molar-refractivity contribution is 5.46. The van der Waals surface area contributed by atoms with E-state index < -0.39 is 10.8 Å². The molecule has 0 amide bonds. The predicted octanol–water partition coefficient (Wildman–Crippen LogP) is 1.17. The molecule has 0 saturated carbocycles. The number of furan rings is 1. The van der Waals surface area contributed by atoms with E-state index >= 15 is 0 Å². The van der Waals surface area contributed by atoms with E-state index in [0.717, 1.165) is 6.07 Å². The van der Waals surface area contributed by atoms with Gasteiger partial charge >= 0.3 is 5.88 Å². The van der Waals surface area contributed by atoms with Gasteiger partial charge in [0.2, 0.25) is 0 Å². The van der Waals surface area contributed by atoms with Crippen LogP contribution in [0.3, 0.4) is 0 Å². The molecule has 0 bridgehead atoms. The zero-order chi connectivity index (χ0) is 8.27. The fourth-order valence-electron chi connectivity index (χ4n) is 0.530. The maximum atomic E-state index is 10.0. The Hall–Kier alpha value is -1.85. The molecule has 0 aliphatic heterocycles. The zero-order valence-electron chi connectivity index (χ0n) is 5.31. The molecule has 0 spiro atoms. The largest absolute Gasteiger partial charge is 0.436 e. The molecule has 6 nitrogen and oxygen atoms in total. The molecule has 1 N–H and O–H groups in total. The maximum Gasteiger partial charge on any atom is 0.436 e. The van der Waals surface area contributed by atoms with E-state index in [2.05, 4.69) is 9.15 Å². The molecular weight excluding hydrogens is 152 g/mol. The fraction of sp³-hybridized carbons (Fsp3) is 0. The van der Waals surface area contributed by atoms with Crippen molar-refractivity contribution in [2.75, 3.05) is 0 Å². The summed E-state index contributed by atoms with van der Waals surface area (Å²) in [6, 6.07) is 2.42. The van der Waals surface area contributed by atoms with Gasteiger partial charge in [0.05, 0.1) is 6.07 Å². The zero-order valence-corrected chi connectivity index (χ0v) is 5.31. The summed E-state index contributed by atoms with van der Waals surface area (Å²) in [6.45, 7) is 0. The third kappa shape index (κ3) is 1.54. The topological polar surface area (TPSA) is 89.4 Å². The van der Waals surface area contributed by atoms with Crippen molar-refractivity contribution in [1.29, 1.82) is 5.41 Å². The highest BCUT2D eigenvalue weighted by atomic mass is 16.7. The van der Waals surface area contributed by atoms with Crippen LogP contribution in [0.4, 0.5) is 5.88 Å². The number of nitro groups is 1. The summed E-state index contributed by atoms with van der Waals surface area (Å²) in [6.07, 6.45) is 0.628. The average molecular weight is 156 g/mol. The number of rotatable bonds is 3. The Morgan fingerprint density at radius 2 is 2.45 bits per heavy atom. The summed E-state index contributed by atoms with van der Waals surface area (Å²) in [5.74, 6) is -0.464. The normalized spacial score (nSPS) is 9.09. The van der Waals surface area contributed by atoms with Gasteiger partial charge in [0, 0.05) is 6.07 Å². The molecule has 11 heavy (non-hydrogen) atoms. The lowest BCUT2D eigenvalue weighted by Crippen LogP contribution is -1.85. The highest BCUT2D eigenvalue weighted by Gasteiger charge is 2.11. The number of nitrogens with zero attached hydrogens (tertiary/aromatic N) is 1. The second-order valence-electron chi connectivity index (χ2n) is 1.59. The molecule has 1 aromatic rings. The van der Waals surface area contributed by atoms with E-state index in [0.29, 0.717) is 6.40 Å². The van der Waals surface area contributed by atoms with E-state index in [1.807, 2.05) is 0 Å². The van der Waals surface area contributed by atoms with Gasteiger partial charge in [-0.25, -0.2) is 0 Å². The molecular formula is C5H4N2O4. The van der Waals surface area contributed by atoms with E-state index in [4.69, 9.17) is 5.41 Å². The van der Waals surface area contributed by atoms with Crippen LogP contribution in [-0.4, -0.2) is 11.3 Å². The van der Waals surface area contributed by atoms with Crippen LogP contribution in [0.1, 0.15) is 0 Å². The highest BCUT2D eigenvalue weighted by Crippen LogP contribution is 2.20. The third-order valence-electron chi connectivity index (χ3n) is 0.922. The molecule has 0 aliphatic carbocycles. The lowest BCUT2D eigenvalue weighted by atomic mass is 10.6. The van der Waals surface area contributed by atoms with Crippen molar-refractivity contribution >= 4 is 12.3 Å². The lowest BCUT2D eigenvalue weighted by Gasteiger charge is -1.87. The molecule has 0 radical (unpaired) electrons. The van der Waals surface area contributed by atoms with Crippen LogP contribution < -0.4 is 4.74 Å². The Morgan fingerprint density at radius 3 is 2.91 bits per heavy atom. The summed E-state index contributed by atoms with van der Waals surface area (Å²) in [5, 5.41) is 16.5. The summed E-state index contributed by atoms with van der Waals surface area (Å²) in [4.78, 5) is 9.33. The van der Waals surface area contributed by atoms with E-state index in [-0.39, 0.29) is 5.95 Å². The van der Waals surface area contributed by atoms with Crippen molar-refractivity contribution in [1.82, 2.24) is 0 Å². The number of ether oxygens (including phenoxy) is 1. The van der Waals surface area contributed by atoms with Crippen LogP contribution in [0, 0.1) is 15.5 Å². The van der Waals surface area contributed by atoms with Gasteiger partial charge in [-0.1, -0.05) is 0 Å². The maximum absolute atomic E-state index is 10.0. The molecule has 6 heteroatoms. The fourth-order valence-corrected chi connectivity index (χ4v) is 0.530. The molecule has 1 rings (SSSR count). The molecule has 1 aromatic heterocycles. The standard InChI is InChI=1S/C5H4N2O4/c6-3-10-5-2-1-4(11-5)7(8)9/h1-3,6H. The van der Waals surface area contributed by atoms with Crippen LogP contribution in [0.15, 0.2) is 16.5 Å². The number of hydrogen-bond donors (Lipinski definition) is 1. The van der Waals surface area contributed by atoms with Crippen LogP contribution in [0.25, 0.3) is 0 Å². The molecule has 0 saturated heterocycles. The molecule has 0 fully saturated rings. The molecule has 58 valence electrons. The second-order valence-corrected chi connectivity index (χ2v) is 1.59.